The van der Waals surface area contributed by atoms with Crippen LogP contribution in [0.15, 0.2) is 71.3 Å². The summed E-state index contributed by atoms with van der Waals surface area (Å²) < 4.78 is 7.55. The maximum absolute atomic E-state index is 13.6. The van der Waals surface area contributed by atoms with Gasteiger partial charge in [0.15, 0.2) is 11.6 Å². The van der Waals surface area contributed by atoms with E-state index >= 15 is 0 Å². The number of benzene rings is 2. The van der Waals surface area contributed by atoms with Crippen LogP contribution in [0.25, 0.3) is 11.4 Å². The maximum atomic E-state index is 13.6. The Bertz CT molecular complexity index is 1410. The summed E-state index contributed by atoms with van der Waals surface area (Å²) in [5, 5.41) is 11.9. The summed E-state index contributed by atoms with van der Waals surface area (Å²) in [6.07, 6.45) is 6.27. The van der Waals surface area contributed by atoms with Gasteiger partial charge >= 0.3 is 0 Å². The number of furan rings is 1. The Morgan fingerprint density at radius 1 is 0.944 bits per heavy atom. The molecule has 2 aliphatic rings. The number of aryl methyl sites for hydroxylation is 1. The number of aromatic nitrogens is 3. The van der Waals surface area contributed by atoms with Crippen molar-refractivity contribution in [3.8, 4) is 11.4 Å². The highest BCUT2D eigenvalue weighted by Gasteiger charge is 2.36. The fourth-order valence-electron chi connectivity index (χ4n) is 5.17. The molecule has 0 radical (unpaired) electrons. The third kappa shape index (κ3) is 4.19. The normalized spacial score (nSPS) is 17.1. The van der Waals surface area contributed by atoms with Gasteiger partial charge in [0.2, 0.25) is 5.91 Å². The Morgan fingerprint density at radius 2 is 1.83 bits per heavy atom. The molecular weight excluding hydrogens is 454 g/mol. The van der Waals surface area contributed by atoms with E-state index in [1.165, 1.54) is 12.7 Å². The lowest BCUT2D eigenvalue weighted by Crippen LogP contribution is -2.50. The Hall–Kier alpha value is -4.20. The Labute approximate surface area is 208 Å². The van der Waals surface area contributed by atoms with Crippen LogP contribution >= 0.6 is 0 Å². The lowest BCUT2D eigenvalue weighted by atomic mass is 9.93. The molecular formula is C28H27N5O3. The van der Waals surface area contributed by atoms with E-state index in [-0.39, 0.29) is 17.6 Å². The van der Waals surface area contributed by atoms with Gasteiger partial charge in [0, 0.05) is 37.2 Å². The van der Waals surface area contributed by atoms with Crippen molar-refractivity contribution in [1.82, 2.24) is 19.7 Å². The second-order valence-electron chi connectivity index (χ2n) is 9.37. The van der Waals surface area contributed by atoms with E-state index < -0.39 is 6.04 Å². The number of carbonyl (C=O) groups excluding carboxylic acids is 2. The highest BCUT2D eigenvalue weighted by molar-refractivity contribution is 6.00. The average Bonchev–Trinajstić information content (AvgIpc) is 3.53. The third-order valence-corrected chi connectivity index (χ3v) is 7.04. The lowest BCUT2D eigenvalue weighted by Gasteiger charge is -2.35. The summed E-state index contributed by atoms with van der Waals surface area (Å²) in [4.78, 5) is 28.4. The van der Waals surface area contributed by atoms with Gasteiger partial charge in [-0.15, -0.1) is 10.2 Å². The predicted octanol–water partition coefficient (Wildman–Crippen LogP) is 4.47. The number of hydrogen-bond acceptors (Lipinski definition) is 5. The zero-order chi connectivity index (χ0) is 24.5. The summed E-state index contributed by atoms with van der Waals surface area (Å²) in [6, 6.07) is 18.2. The number of rotatable bonds is 4. The Balaban J connectivity index is 1.27. The van der Waals surface area contributed by atoms with Crippen molar-refractivity contribution in [3.05, 3.63) is 89.6 Å². The van der Waals surface area contributed by atoms with Crippen molar-refractivity contribution < 1.29 is 14.0 Å². The smallest absolute Gasteiger partial charge is 0.290 e. The molecule has 2 amide bonds. The number of nitrogens with one attached hydrogen (secondary N) is 1. The van der Waals surface area contributed by atoms with Gasteiger partial charge in [0.05, 0.1) is 6.26 Å². The molecule has 4 heterocycles. The molecule has 0 saturated heterocycles. The van der Waals surface area contributed by atoms with Crippen molar-refractivity contribution >= 4 is 17.5 Å². The number of amides is 2. The molecule has 0 saturated carbocycles. The van der Waals surface area contributed by atoms with Crippen LogP contribution in [0.4, 0.5) is 5.69 Å². The minimum absolute atomic E-state index is 0.224. The van der Waals surface area contributed by atoms with Gasteiger partial charge in [-0.25, -0.2) is 0 Å². The first-order valence-corrected chi connectivity index (χ1v) is 12.4. The second-order valence-corrected chi connectivity index (χ2v) is 9.37. The van der Waals surface area contributed by atoms with Gasteiger partial charge < -0.3 is 19.2 Å². The van der Waals surface area contributed by atoms with Gasteiger partial charge in [-0.2, -0.15) is 0 Å². The molecule has 0 spiro atoms. The minimum Gasteiger partial charge on any atom is -0.459 e. The molecule has 2 aromatic carbocycles. The molecule has 0 unspecified atom stereocenters. The van der Waals surface area contributed by atoms with Crippen LogP contribution in [-0.2, 0) is 30.7 Å². The van der Waals surface area contributed by atoms with Gasteiger partial charge in [-0.3, -0.25) is 9.59 Å². The summed E-state index contributed by atoms with van der Waals surface area (Å²) >= 11 is 0. The number of anilines is 1. The molecule has 36 heavy (non-hydrogen) atoms. The van der Waals surface area contributed by atoms with E-state index in [2.05, 4.69) is 20.1 Å². The van der Waals surface area contributed by atoms with Gasteiger partial charge in [0.1, 0.15) is 11.9 Å². The number of nitrogens with zero attached hydrogens (tertiary/aromatic N) is 4. The summed E-state index contributed by atoms with van der Waals surface area (Å²) in [5.74, 6) is 1.53. The van der Waals surface area contributed by atoms with Gasteiger partial charge in [-0.05, 0) is 48.2 Å². The fraction of sp³-hybridized carbons (Fsp3) is 0.286. The zero-order valence-corrected chi connectivity index (χ0v) is 19.9. The van der Waals surface area contributed by atoms with E-state index in [0.717, 1.165) is 54.1 Å². The topological polar surface area (TPSA) is 93.3 Å². The molecule has 1 N–H and O–H groups in total. The molecule has 0 fully saturated rings. The van der Waals surface area contributed by atoms with E-state index in [9.17, 15) is 9.59 Å². The van der Waals surface area contributed by atoms with Crippen LogP contribution < -0.4 is 5.32 Å². The molecule has 0 bridgehead atoms. The highest BCUT2D eigenvalue weighted by atomic mass is 16.3. The van der Waals surface area contributed by atoms with E-state index in [4.69, 9.17) is 4.42 Å². The number of carbonyl (C=O) groups is 2. The average molecular weight is 482 g/mol. The monoisotopic (exact) mass is 481 g/mol. The summed E-state index contributed by atoms with van der Waals surface area (Å²) in [5.41, 5.74) is 3.68. The second kappa shape index (κ2) is 9.45. The predicted molar refractivity (Wildman–Crippen MR) is 134 cm³/mol. The van der Waals surface area contributed by atoms with Crippen LogP contribution in [0.1, 0.15) is 46.8 Å². The van der Waals surface area contributed by atoms with Crippen molar-refractivity contribution in [2.45, 2.75) is 51.2 Å². The third-order valence-electron chi connectivity index (χ3n) is 7.04. The standard InChI is InChI=1S/C28H27N5O3/c34-27(23-17-19-8-3-4-9-21(19)18-33(23)28(35)24-12-7-15-36-24)29-22-11-6-10-20(16-22)26-31-30-25-13-2-1-5-14-32(25)26/h3-4,6-12,15-16,23H,1-2,5,13-14,17-18H2,(H,29,34)/t23-/m0/s1. The molecule has 8 nitrogen and oxygen atoms in total. The summed E-state index contributed by atoms with van der Waals surface area (Å²) in [7, 11) is 0. The van der Waals surface area contributed by atoms with E-state index in [0.29, 0.717) is 18.7 Å². The Morgan fingerprint density at radius 3 is 2.69 bits per heavy atom. The van der Waals surface area contributed by atoms with Crippen molar-refractivity contribution in [2.24, 2.45) is 0 Å². The molecule has 6 rings (SSSR count). The molecule has 2 aromatic heterocycles. The fourth-order valence-corrected chi connectivity index (χ4v) is 5.17. The first-order chi connectivity index (χ1) is 17.7. The SMILES string of the molecule is O=C(Nc1cccc(-c2nnc3n2CCCCC3)c1)[C@@H]1Cc2ccccc2CN1C(=O)c1ccco1. The van der Waals surface area contributed by atoms with Crippen molar-refractivity contribution in [1.29, 1.82) is 0 Å². The molecule has 8 heteroatoms. The highest BCUT2D eigenvalue weighted by Crippen LogP contribution is 2.28. The van der Waals surface area contributed by atoms with Crippen LogP contribution in [0.5, 0.6) is 0 Å². The molecule has 1 atom stereocenters. The quantitative estimate of drug-likeness (QED) is 0.464. The maximum Gasteiger partial charge on any atom is 0.290 e. The van der Waals surface area contributed by atoms with Gasteiger partial charge in [-0.1, -0.05) is 42.8 Å². The van der Waals surface area contributed by atoms with Crippen molar-refractivity contribution in [2.75, 3.05) is 5.32 Å². The zero-order valence-electron chi connectivity index (χ0n) is 19.9. The van der Waals surface area contributed by atoms with Crippen LogP contribution in [0.2, 0.25) is 0 Å². The first kappa shape index (κ1) is 22.3. The van der Waals surface area contributed by atoms with Crippen LogP contribution in [0.3, 0.4) is 0 Å². The number of fused-ring (bicyclic) bond motifs is 2. The molecule has 182 valence electrons. The number of hydrogen-bond donors (Lipinski definition) is 1. The largest absolute Gasteiger partial charge is 0.459 e. The first-order valence-electron chi connectivity index (χ1n) is 12.4. The van der Waals surface area contributed by atoms with Gasteiger partial charge in [0.25, 0.3) is 5.91 Å². The molecule has 2 aliphatic heterocycles. The Kier molecular flexibility index (Phi) is 5.85. The molecule has 0 aliphatic carbocycles. The van der Waals surface area contributed by atoms with Crippen LogP contribution in [0, 0.1) is 0 Å². The molecule has 4 aromatic rings. The van der Waals surface area contributed by atoms with Crippen LogP contribution in [-0.4, -0.2) is 37.5 Å². The summed E-state index contributed by atoms with van der Waals surface area (Å²) in [6.45, 7) is 1.25. The minimum atomic E-state index is -0.662. The van der Waals surface area contributed by atoms with Crippen molar-refractivity contribution in [3.63, 3.8) is 0 Å². The lowest BCUT2D eigenvalue weighted by molar-refractivity contribution is -0.121. The van der Waals surface area contributed by atoms with E-state index in [1.54, 1.807) is 17.0 Å². The van der Waals surface area contributed by atoms with E-state index in [1.807, 2.05) is 48.5 Å².